The Morgan fingerprint density at radius 2 is 2.20 bits per heavy atom. The highest BCUT2D eigenvalue weighted by Crippen LogP contribution is 2.21. The number of nitrogens with zero attached hydrogens (tertiary/aromatic N) is 2. The minimum atomic E-state index is 0. The largest absolute Gasteiger partial charge is 1.00 e. The van der Waals surface area contributed by atoms with Gasteiger partial charge in [0.2, 0.25) is 0 Å². The Morgan fingerprint density at radius 1 is 1.33 bits per heavy atom. The molecule has 0 radical (unpaired) electrons. The number of hydrogen-bond donors (Lipinski definition) is 0. The standard InChI is InChI=1S/C11H19N2O.ClH/c1-12-6-9-7-13-5-3-2-4-10(13)11(8-12)14-9;/h9,11H,2-8H2,1H3;1H/q+1;/p-1/t9-,11+;/m0./s1. The molecule has 0 aromatic heterocycles. The Hall–Kier alpha value is -0.120. The maximum Gasteiger partial charge on any atom is 0.182 e. The van der Waals surface area contributed by atoms with Crippen LogP contribution >= 0.6 is 0 Å². The van der Waals surface area contributed by atoms with E-state index < -0.39 is 0 Å². The van der Waals surface area contributed by atoms with E-state index in [1.165, 1.54) is 25.8 Å². The van der Waals surface area contributed by atoms with Crippen LogP contribution in [-0.2, 0) is 4.74 Å². The summed E-state index contributed by atoms with van der Waals surface area (Å²) in [5.41, 5.74) is 1.58. The summed E-state index contributed by atoms with van der Waals surface area (Å²) in [4.78, 5) is 2.41. The number of rotatable bonds is 0. The molecule has 0 aliphatic carbocycles. The zero-order valence-corrected chi connectivity index (χ0v) is 10.0. The van der Waals surface area contributed by atoms with Crippen LogP contribution in [0.25, 0.3) is 0 Å². The number of halogens is 1. The first-order valence-electron chi connectivity index (χ1n) is 5.77. The molecule has 4 heteroatoms. The summed E-state index contributed by atoms with van der Waals surface area (Å²) < 4.78 is 8.63. The number of morpholine rings is 1. The van der Waals surface area contributed by atoms with Gasteiger partial charge in [0.05, 0.1) is 0 Å². The van der Waals surface area contributed by atoms with Gasteiger partial charge in [-0.05, 0) is 13.5 Å². The first kappa shape index (κ1) is 11.4. The molecule has 0 aromatic carbocycles. The molecule has 1 saturated heterocycles. The average molecular weight is 231 g/mol. The van der Waals surface area contributed by atoms with Gasteiger partial charge < -0.3 is 22.0 Å². The molecular formula is C11H19ClN2O. The lowest BCUT2D eigenvalue weighted by Crippen LogP contribution is -3.00. The summed E-state index contributed by atoms with van der Waals surface area (Å²) in [7, 11) is 2.21. The van der Waals surface area contributed by atoms with Crippen LogP contribution in [0.3, 0.4) is 0 Å². The van der Waals surface area contributed by atoms with Gasteiger partial charge in [-0.25, -0.2) is 4.58 Å². The summed E-state index contributed by atoms with van der Waals surface area (Å²) in [6.07, 6.45) is 4.87. The highest BCUT2D eigenvalue weighted by atomic mass is 35.5. The zero-order valence-electron chi connectivity index (χ0n) is 9.29. The van der Waals surface area contributed by atoms with Gasteiger partial charge in [0.25, 0.3) is 0 Å². The monoisotopic (exact) mass is 230 g/mol. The SMILES string of the molecule is CN1C[C@H]2C[N+]3=C(CCCC3)[C@@H](C1)O2.[Cl-]. The lowest BCUT2D eigenvalue weighted by molar-refractivity contribution is -0.557. The third-order valence-electron chi connectivity index (χ3n) is 3.66. The number of ether oxygens (including phenoxy) is 1. The maximum atomic E-state index is 6.04. The minimum Gasteiger partial charge on any atom is -1.00 e. The minimum absolute atomic E-state index is 0. The van der Waals surface area contributed by atoms with E-state index in [9.17, 15) is 0 Å². The van der Waals surface area contributed by atoms with Crippen molar-refractivity contribution < 1.29 is 21.7 Å². The second kappa shape index (κ2) is 4.40. The quantitative estimate of drug-likeness (QED) is 0.423. The Labute approximate surface area is 97.5 Å². The molecule has 3 heterocycles. The van der Waals surface area contributed by atoms with Gasteiger partial charge >= 0.3 is 0 Å². The average Bonchev–Trinajstić information content (AvgIpc) is 2.17. The van der Waals surface area contributed by atoms with E-state index in [1.807, 2.05) is 0 Å². The maximum absolute atomic E-state index is 6.04. The molecule has 2 bridgehead atoms. The molecule has 1 fully saturated rings. The topological polar surface area (TPSA) is 15.5 Å². The van der Waals surface area contributed by atoms with E-state index in [0.717, 1.165) is 19.6 Å². The third-order valence-corrected chi connectivity index (χ3v) is 3.66. The van der Waals surface area contributed by atoms with E-state index in [0.29, 0.717) is 12.2 Å². The van der Waals surface area contributed by atoms with Crippen molar-refractivity contribution in [2.75, 3.05) is 33.2 Å². The number of likely N-dealkylation sites (N-methyl/N-ethyl adjacent to an activating group) is 1. The molecule has 0 aromatic rings. The predicted octanol–water partition coefficient (Wildman–Crippen LogP) is -2.66. The molecule has 0 N–H and O–H groups in total. The van der Waals surface area contributed by atoms with Gasteiger partial charge in [-0.15, -0.1) is 0 Å². The highest BCUT2D eigenvalue weighted by Gasteiger charge is 2.41. The fourth-order valence-corrected chi connectivity index (χ4v) is 3.04. The van der Waals surface area contributed by atoms with Crippen LogP contribution in [0.1, 0.15) is 19.3 Å². The lowest BCUT2D eigenvalue weighted by atomic mass is 9.98. The fourth-order valence-electron chi connectivity index (χ4n) is 3.04. The number of fused-ring (bicyclic) bond motifs is 3. The van der Waals surface area contributed by atoms with Crippen molar-refractivity contribution in [3.63, 3.8) is 0 Å². The van der Waals surface area contributed by atoms with Gasteiger partial charge in [-0.2, -0.15) is 0 Å². The van der Waals surface area contributed by atoms with E-state index in [-0.39, 0.29) is 12.4 Å². The fraction of sp³-hybridized carbons (Fsp3) is 0.909. The lowest BCUT2D eigenvalue weighted by Gasteiger charge is -2.39. The van der Waals surface area contributed by atoms with Crippen molar-refractivity contribution in [3.05, 3.63) is 0 Å². The predicted molar refractivity (Wildman–Crippen MR) is 55.0 cm³/mol. The summed E-state index contributed by atoms with van der Waals surface area (Å²) in [5.74, 6) is 0. The number of hydrogen-bond acceptors (Lipinski definition) is 2. The van der Waals surface area contributed by atoms with Gasteiger partial charge in [-0.3, -0.25) is 0 Å². The van der Waals surface area contributed by atoms with E-state index in [4.69, 9.17) is 4.74 Å². The molecule has 3 nitrogen and oxygen atoms in total. The van der Waals surface area contributed by atoms with Crippen molar-refractivity contribution >= 4 is 5.71 Å². The second-order valence-electron chi connectivity index (χ2n) is 4.86. The van der Waals surface area contributed by atoms with Gasteiger partial charge in [0.15, 0.2) is 18.4 Å². The molecule has 0 saturated carbocycles. The van der Waals surface area contributed by atoms with Gasteiger partial charge in [-0.1, -0.05) is 0 Å². The Kier molecular flexibility index (Phi) is 3.33. The van der Waals surface area contributed by atoms with E-state index in [1.54, 1.807) is 5.71 Å². The molecule has 0 amide bonds. The van der Waals surface area contributed by atoms with Crippen molar-refractivity contribution in [1.82, 2.24) is 4.90 Å². The molecule has 3 rings (SSSR count). The van der Waals surface area contributed by atoms with Crippen LogP contribution in [0.4, 0.5) is 0 Å². The smallest absolute Gasteiger partial charge is 0.182 e. The van der Waals surface area contributed by atoms with E-state index in [2.05, 4.69) is 16.5 Å². The van der Waals surface area contributed by atoms with E-state index >= 15 is 0 Å². The summed E-state index contributed by atoms with van der Waals surface area (Å²) in [5, 5.41) is 0. The normalized spacial score (nSPS) is 35.8. The van der Waals surface area contributed by atoms with Crippen LogP contribution in [0, 0.1) is 0 Å². The molecule has 0 spiro atoms. The summed E-state index contributed by atoms with van der Waals surface area (Å²) >= 11 is 0. The Morgan fingerprint density at radius 3 is 3.07 bits per heavy atom. The second-order valence-corrected chi connectivity index (χ2v) is 4.86. The van der Waals surface area contributed by atoms with Crippen molar-refractivity contribution in [3.8, 4) is 0 Å². The third kappa shape index (κ3) is 2.05. The summed E-state index contributed by atoms with van der Waals surface area (Å²) in [6, 6.07) is 0. The first-order chi connectivity index (χ1) is 6.83. The van der Waals surface area contributed by atoms with Crippen molar-refractivity contribution in [1.29, 1.82) is 0 Å². The Bertz CT molecular complexity index is 280. The molecule has 0 unspecified atom stereocenters. The van der Waals surface area contributed by atoms with Crippen molar-refractivity contribution in [2.45, 2.75) is 31.5 Å². The van der Waals surface area contributed by atoms with Crippen LogP contribution in [0.15, 0.2) is 0 Å². The molecule has 15 heavy (non-hydrogen) atoms. The van der Waals surface area contributed by atoms with Gasteiger partial charge in [0, 0.05) is 25.9 Å². The van der Waals surface area contributed by atoms with Crippen molar-refractivity contribution in [2.24, 2.45) is 0 Å². The highest BCUT2D eigenvalue weighted by molar-refractivity contribution is 5.85. The van der Waals surface area contributed by atoms with Crippen LogP contribution < -0.4 is 12.4 Å². The van der Waals surface area contributed by atoms with Crippen LogP contribution in [-0.4, -0.2) is 60.6 Å². The summed E-state index contributed by atoms with van der Waals surface area (Å²) in [6.45, 7) is 4.62. The molecule has 3 aliphatic rings. The molecule has 3 aliphatic heterocycles. The molecule has 86 valence electrons. The first-order valence-corrected chi connectivity index (χ1v) is 5.77. The zero-order chi connectivity index (χ0) is 9.54. The van der Waals surface area contributed by atoms with Crippen LogP contribution in [0.5, 0.6) is 0 Å². The molecule has 2 atom stereocenters. The molecular weight excluding hydrogens is 212 g/mol. The van der Waals surface area contributed by atoms with Gasteiger partial charge in [0.1, 0.15) is 12.6 Å². The Balaban J connectivity index is 0.000000853. The van der Waals surface area contributed by atoms with Crippen LogP contribution in [0.2, 0.25) is 0 Å².